The number of piperazine rings is 1. The summed E-state index contributed by atoms with van der Waals surface area (Å²) in [6.45, 7) is 8.93. The Morgan fingerprint density at radius 2 is 2.10 bits per heavy atom. The molecule has 0 aromatic carbocycles. The number of hydrogen-bond donors (Lipinski definition) is 2. The lowest BCUT2D eigenvalue weighted by Crippen LogP contribution is -2.64. The molecule has 2 amide bonds. The van der Waals surface area contributed by atoms with Crippen LogP contribution in [0.1, 0.15) is 33.6 Å². The summed E-state index contributed by atoms with van der Waals surface area (Å²) in [5.41, 5.74) is -0.914. The number of anilines is 1. The second kappa shape index (κ2) is 5.80. The van der Waals surface area contributed by atoms with Crippen molar-refractivity contribution in [2.45, 2.75) is 39.8 Å². The lowest BCUT2D eigenvalue weighted by Gasteiger charge is -2.38. The topological polar surface area (TPSA) is 100 Å². The molecule has 8 heteroatoms. The molecule has 0 atom stereocenters. The molecule has 21 heavy (non-hydrogen) atoms. The predicted octanol–water partition coefficient (Wildman–Crippen LogP) is 0.0566. The predicted molar refractivity (Wildman–Crippen MR) is 75.4 cm³/mol. The van der Waals surface area contributed by atoms with E-state index in [0.717, 1.165) is 6.54 Å². The van der Waals surface area contributed by atoms with E-state index in [4.69, 9.17) is 4.42 Å². The molecule has 0 saturated carbocycles. The van der Waals surface area contributed by atoms with Crippen molar-refractivity contribution in [2.24, 2.45) is 5.92 Å². The molecule has 1 aliphatic heterocycles. The van der Waals surface area contributed by atoms with Gasteiger partial charge < -0.3 is 14.6 Å². The third-order valence-electron chi connectivity index (χ3n) is 3.30. The number of imide groups is 1. The maximum atomic E-state index is 11.9. The largest absolute Gasteiger partial charge is 0.407 e. The van der Waals surface area contributed by atoms with Gasteiger partial charge in [0.2, 0.25) is 11.8 Å². The van der Waals surface area contributed by atoms with E-state index in [1.807, 2.05) is 0 Å². The summed E-state index contributed by atoms with van der Waals surface area (Å²) >= 11 is 0. The van der Waals surface area contributed by atoms with E-state index in [0.29, 0.717) is 18.4 Å². The van der Waals surface area contributed by atoms with Gasteiger partial charge in [-0.2, -0.15) is 0 Å². The molecule has 0 radical (unpaired) electrons. The van der Waals surface area contributed by atoms with Crippen molar-refractivity contribution in [3.05, 3.63) is 5.89 Å². The number of rotatable bonds is 5. The van der Waals surface area contributed by atoms with Crippen LogP contribution in [0.25, 0.3) is 0 Å². The Bertz CT molecular complexity index is 538. The molecule has 0 aliphatic carbocycles. The van der Waals surface area contributed by atoms with E-state index in [1.165, 1.54) is 4.90 Å². The fourth-order valence-corrected chi connectivity index (χ4v) is 1.98. The SMILES string of the molecule is CC(C)CNCc1nnc(N2CC(=O)NC(=O)C2(C)C)o1. The van der Waals surface area contributed by atoms with Crippen LogP contribution in [0.15, 0.2) is 4.42 Å². The minimum Gasteiger partial charge on any atom is -0.407 e. The van der Waals surface area contributed by atoms with Crippen molar-refractivity contribution in [1.29, 1.82) is 0 Å². The number of amides is 2. The highest BCUT2D eigenvalue weighted by Crippen LogP contribution is 2.25. The normalized spacial score (nSPS) is 18.2. The van der Waals surface area contributed by atoms with Crippen LogP contribution in [0.2, 0.25) is 0 Å². The van der Waals surface area contributed by atoms with Crippen molar-refractivity contribution in [2.75, 3.05) is 18.0 Å². The van der Waals surface area contributed by atoms with Gasteiger partial charge in [0.15, 0.2) is 0 Å². The third-order valence-corrected chi connectivity index (χ3v) is 3.30. The van der Waals surface area contributed by atoms with Crippen LogP contribution in [0.3, 0.4) is 0 Å². The van der Waals surface area contributed by atoms with Gasteiger partial charge in [-0.3, -0.25) is 14.9 Å². The molecule has 1 saturated heterocycles. The first-order chi connectivity index (χ1) is 9.80. The molecule has 2 rings (SSSR count). The fraction of sp³-hybridized carbons (Fsp3) is 0.692. The van der Waals surface area contributed by atoms with Gasteiger partial charge in [0.05, 0.1) is 6.54 Å². The van der Waals surface area contributed by atoms with Crippen LogP contribution < -0.4 is 15.5 Å². The Morgan fingerprint density at radius 1 is 1.38 bits per heavy atom. The van der Waals surface area contributed by atoms with E-state index in [2.05, 4.69) is 34.7 Å². The molecule has 0 unspecified atom stereocenters. The molecule has 0 spiro atoms. The summed E-state index contributed by atoms with van der Waals surface area (Å²) in [5.74, 6) is 0.197. The van der Waals surface area contributed by atoms with E-state index in [1.54, 1.807) is 13.8 Å². The molecule has 1 aromatic heterocycles. The smallest absolute Gasteiger partial charge is 0.319 e. The summed E-state index contributed by atoms with van der Waals surface area (Å²) in [7, 11) is 0. The number of hydrogen-bond acceptors (Lipinski definition) is 7. The highest BCUT2D eigenvalue weighted by Gasteiger charge is 2.43. The Morgan fingerprint density at radius 3 is 2.76 bits per heavy atom. The van der Waals surface area contributed by atoms with Crippen LogP contribution >= 0.6 is 0 Å². The van der Waals surface area contributed by atoms with Gasteiger partial charge >= 0.3 is 6.01 Å². The maximum absolute atomic E-state index is 11.9. The average molecular weight is 295 g/mol. The van der Waals surface area contributed by atoms with Crippen molar-refractivity contribution >= 4 is 17.8 Å². The van der Waals surface area contributed by atoms with Crippen molar-refractivity contribution in [1.82, 2.24) is 20.8 Å². The Labute approximate surface area is 123 Å². The number of carbonyl (C=O) groups is 2. The highest BCUT2D eigenvalue weighted by molar-refractivity contribution is 6.06. The quantitative estimate of drug-likeness (QED) is 0.741. The summed E-state index contributed by atoms with van der Waals surface area (Å²) in [4.78, 5) is 24.9. The second-order valence-corrected chi connectivity index (χ2v) is 6.03. The van der Waals surface area contributed by atoms with Gasteiger partial charge in [0.25, 0.3) is 5.91 Å². The molecule has 8 nitrogen and oxygen atoms in total. The fourth-order valence-electron chi connectivity index (χ4n) is 1.98. The number of carbonyl (C=O) groups excluding carboxylic acids is 2. The zero-order valence-corrected chi connectivity index (χ0v) is 12.8. The second-order valence-electron chi connectivity index (χ2n) is 6.03. The van der Waals surface area contributed by atoms with Gasteiger partial charge in [0, 0.05) is 0 Å². The standard InChI is InChI=1S/C13H21N5O3/c1-8(2)5-14-6-10-16-17-12(21-10)18-7-9(19)15-11(20)13(18,3)4/h8,14H,5-7H2,1-4H3,(H,15,19,20). The van der Waals surface area contributed by atoms with E-state index < -0.39 is 5.54 Å². The molecule has 0 bridgehead atoms. The summed E-state index contributed by atoms with van der Waals surface area (Å²) < 4.78 is 5.55. The number of nitrogens with one attached hydrogen (secondary N) is 2. The monoisotopic (exact) mass is 295 g/mol. The number of aromatic nitrogens is 2. The van der Waals surface area contributed by atoms with Gasteiger partial charge in [0.1, 0.15) is 12.1 Å². The van der Waals surface area contributed by atoms with Crippen LogP contribution in [0, 0.1) is 5.92 Å². The lowest BCUT2D eigenvalue weighted by molar-refractivity contribution is -0.135. The molecular formula is C13H21N5O3. The minimum absolute atomic E-state index is 0.0137. The summed E-state index contributed by atoms with van der Waals surface area (Å²) in [5, 5.41) is 13.4. The van der Waals surface area contributed by atoms with Crippen molar-refractivity contribution in [3.8, 4) is 0 Å². The first-order valence-electron chi connectivity index (χ1n) is 6.95. The zero-order valence-electron chi connectivity index (χ0n) is 12.8. The van der Waals surface area contributed by atoms with Crippen LogP contribution in [-0.2, 0) is 16.1 Å². The molecule has 1 aromatic rings. The molecule has 1 fully saturated rings. The van der Waals surface area contributed by atoms with Gasteiger partial charge in [-0.1, -0.05) is 18.9 Å². The molecule has 1 aliphatic rings. The molecular weight excluding hydrogens is 274 g/mol. The average Bonchev–Trinajstić information content (AvgIpc) is 2.82. The van der Waals surface area contributed by atoms with E-state index >= 15 is 0 Å². The first kappa shape index (κ1) is 15.4. The molecule has 116 valence electrons. The van der Waals surface area contributed by atoms with Crippen molar-refractivity contribution in [3.63, 3.8) is 0 Å². The van der Waals surface area contributed by atoms with Gasteiger partial charge in [-0.25, -0.2) is 0 Å². The van der Waals surface area contributed by atoms with Gasteiger partial charge in [-0.05, 0) is 26.3 Å². The first-order valence-corrected chi connectivity index (χ1v) is 6.95. The molecule has 2 heterocycles. The van der Waals surface area contributed by atoms with E-state index in [-0.39, 0.29) is 24.4 Å². The van der Waals surface area contributed by atoms with Gasteiger partial charge in [-0.15, -0.1) is 5.10 Å². The Kier molecular flexibility index (Phi) is 4.26. The summed E-state index contributed by atoms with van der Waals surface area (Å²) in [6.07, 6.45) is 0. The maximum Gasteiger partial charge on any atom is 0.319 e. The van der Waals surface area contributed by atoms with Crippen LogP contribution in [0.4, 0.5) is 6.01 Å². The van der Waals surface area contributed by atoms with Crippen LogP contribution in [-0.4, -0.2) is 40.6 Å². The Balaban J connectivity index is 2.09. The molecule has 2 N–H and O–H groups in total. The van der Waals surface area contributed by atoms with E-state index in [9.17, 15) is 9.59 Å². The number of nitrogens with zero attached hydrogens (tertiary/aromatic N) is 3. The van der Waals surface area contributed by atoms with Crippen molar-refractivity contribution < 1.29 is 14.0 Å². The Hall–Kier alpha value is -1.96. The summed E-state index contributed by atoms with van der Waals surface area (Å²) in [6, 6.07) is 0.185. The van der Waals surface area contributed by atoms with Crippen LogP contribution in [0.5, 0.6) is 0 Å². The minimum atomic E-state index is -0.914. The highest BCUT2D eigenvalue weighted by atomic mass is 16.4. The third kappa shape index (κ3) is 3.38. The lowest BCUT2D eigenvalue weighted by atomic mass is 9.99. The zero-order chi connectivity index (χ0) is 15.6.